The van der Waals surface area contributed by atoms with E-state index in [4.69, 9.17) is 28.4 Å². The van der Waals surface area contributed by atoms with E-state index in [0.717, 1.165) is 51.4 Å². The molecule has 2 saturated heterocycles. The van der Waals surface area contributed by atoms with Crippen LogP contribution in [0, 0.1) is 51.8 Å². The Morgan fingerprint density at radius 1 is 0.750 bits per heavy atom. The number of esters is 3. The first-order valence-electron chi connectivity index (χ1n) is 27.4. The van der Waals surface area contributed by atoms with Crippen molar-refractivity contribution in [3.63, 3.8) is 0 Å². The summed E-state index contributed by atoms with van der Waals surface area (Å²) in [7, 11) is 0. The van der Waals surface area contributed by atoms with Gasteiger partial charge in [0.25, 0.3) is 5.60 Å². The van der Waals surface area contributed by atoms with Gasteiger partial charge in [-0.15, -0.1) is 0 Å². The third kappa shape index (κ3) is 8.99. The highest BCUT2D eigenvalue weighted by Crippen LogP contribution is 2.76. The minimum absolute atomic E-state index is 0.0166. The lowest BCUT2D eigenvalue weighted by molar-refractivity contribution is -0.992. The van der Waals surface area contributed by atoms with Crippen LogP contribution in [0.4, 0.5) is 9.59 Å². The number of hydrogen-bond acceptors (Lipinski definition) is 12. The Morgan fingerprint density at radius 2 is 1.42 bits per heavy atom. The molecule has 72 heavy (non-hydrogen) atoms. The summed E-state index contributed by atoms with van der Waals surface area (Å²) in [6.07, 6.45) is 10.7. The minimum Gasteiger partial charge on any atom is -0.460 e. The fourth-order valence-electron chi connectivity index (χ4n) is 17.2. The summed E-state index contributed by atoms with van der Waals surface area (Å²) in [6.45, 7) is 13.9. The van der Waals surface area contributed by atoms with E-state index >= 15 is 0 Å². The van der Waals surface area contributed by atoms with E-state index in [1.165, 1.54) is 36.8 Å². The van der Waals surface area contributed by atoms with Crippen molar-refractivity contribution in [1.82, 2.24) is 5.32 Å². The van der Waals surface area contributed by atoms with Crippen molar-refractivity contribution in [3.05, 3.63) is 71.8 Å². The van der Waals surface area contributed by atoms with Gasteiger partial charge in [0.2, 0.25) is 6.79 Å². The van der Waals surface area contributed by atoms with Crippen LogP contribution in [-0.4, -0.2) is 102 Å². The van der Waals surface area contributed by atoms with Gasteiger partial charge in [-0.05, 0) is 125 Å². The van der Waals surface area contributed by atoms with Crippen molar-refractivity contribution in [1.29, 1.82) is 0 Å². The summed E-state index contributed by atoms with van der Waals surface area (Å²) in [4.78, 5) is 66.8. The smallest absolute Gasteiger partial charge is 0.460 e. The first-order chi connectivity index (χ1) is 34.3. The molecule has 392 valence electrons. The predicted molar refractivity (Wildman–Crippen MR) is 264 cm³/mol. The maximum absolute atomic E-state index is 14.7. The number of aliphatic hydroxyl groups is 1. The molecule has 8 aliphatic rings. The number of ether oxygens (including phenoxy) is 6. The number of quaternary nitrogens is 1. The van der Waals surface area contributed by atoms with Crippen LogP contribution < -0.4 is 5.32 Å². The number of rotatable bonds is 14. The standard InChI is InChI=1S/C58H78N2O12/c1-36(19-22-48(62)71-54(2,3)4)42-20-21-43-50-44(24-26-56(42,43)6)55(5)25-23-40(29-39(55)30-45(50)61)70-52(65)59-34-49(63)67-35-68-53(66)72-58(37-15-9-7-10-16-37,38-17-11-8-12-18-38)51(64)69-41-31-46-57(32-41)33-47(57)60(46)27-13-14-28-60/h7-12,15-18,36,39-47,50,61H,13-14,19-35H2,1-6H3/p+1/t36-,39?,40-,41?,42?,43?,44?,45-,46?,47?,50?,55+,56-,57?/m1/s1. The third-order valence-electron chi connectivity index (χ3n) is 20.3. The summed E-state index contributed by atoms with van der Waals surface area (Å²) in [5.74, 6) is 0.404. The number of carbonyl (C=O) groups is 5. The highest BCUT2D eigenvalue weighted by Gasteiger charge is 2.86. The second-order valence-corrected chi connectivity index (χ2v) is 25.0. The van der Waals surface area contributed by atoms with Crippen LogP contribution in [0.5, 0.6) is 0 Å². The number of aliphatic hydroxyl groups excluding tert-OH is 1. The van der Waals surface area contributed by atoms with Gasteiger partial charge in [0.15, 0.2) is 0 Å². The summed E-state index contributed by atoms with van der Waals surface area (Å²) in [6, 6.07) is 18.7. The Kier molecular flexibility index (Phi) is 13.6. The van der Waals surface area contributed by atoms with E-state index in [9.17, 15) is 29.1 Å². The zero-order valence-corrected chi connectivity index (χ0v) is 43.4. The molecule has 9 unspecified atom stereocenters. The molecule has 2 N–H and O–H groups in total. The Labute approximate surface area is 425 Å². The summed E-state index contributed by atoms with van der Waals surface area (Å²) >= 11 is 0. The summed E-state index contributed by atoms with van der Waals surface area (Å²) in [5, 5.41) is 14.4. The first kappa shape index (κ1) is 50.8. The fraction of sp³-hybridized carbons (Fsp3) is 0.707. The third-order valence-corrected chi connectivity index (χ3v) is 20.3. The molecule has 2 heterocycles. The van der Waals surface area contributed by atoms with E-state index in [1.807, 2.05) is 32.9 Å². The van der Waals surface area contributed by atoms with E-state index in [2.05, 4.69) is 26.1 Å². The number of fused-ring (bicyclic) bond motifs is 7. The molecule has 8 fully saturated rings. The van der Waals surface area contributed by atoms with Crippen molar-refractivity contribution in [3.8, 4) is 0 Å². The zero-order chi connectivity index (χ0) is 50.8. The monoisotopic (exact) mass is 996 g/mol. The molecule has 2 spiro atoms. The van der Waals surface area contributed by atoms with Crippen molar-refractivity contribution in [2.24, 2.45) is 51.8 Å². The second-order valence-electron chi connectivity index (χ2n) is 25.0. The molecule has 14 heteroatoms. The number of alkyl carbamates (subject to hydrolysis) is 1. The molecule has 0 bridgehead atoms. The van der Waals surface area contributed by atoms with Crippen LogP contribution in [-0.2, 0) is 48.4 Å². The van der Waals surface area contributed by atoms with Crippen molar-refractivity contribution in [2.45, 2.75) is 179 Å². The van der Waals surface area contributed by atoms with E-state index in [-0.39, 0.29) is 46.3 Å². The number of nitrogens with one attached hydrogen (secondary N) is 1. The number of amides is 1. The predicted octanol–water partition coefficient (Wildman–Crippen LogP) is 9.52. The topological polar surface area (TPSA) is 173 Å². The van der Waals surface area contributed by atoms with Gasteiger partial charge in [-0.1, -0.05) is 81.4 Å². The highest BCUT2D eigenvalue weighted by atomic mass is 16.8. The van der Waals surface area contributed by atoms with Gasteiger partial charge >= 0.3 is 30.2 Å². The second kappa shape index (κ2) is 19.2. The quantitative estimate of drug-likeness (QED) is 0.0796. The maximum Gasteiger partial charge on any atom is 0.513 e. The van der Waals surface area contributed by atoms with Gasteiger partial charge in [0.05, 0.1) is 24.6 Å². The molecule has 14 atom stereocenters. The van der Waals surface area contributed by atoms with Gasteiger partial charge in [-0.3, -0.25) is 9.59 Å². The lowest BCUT2D eigenvalue weighted by Gasteiger charge is -2.62. The number of carbonyl (C=O) groups excluding carboxylic acids is 5. The van der Waals surface area contributed by atoms with Crippen LogP contribution in [0.3, 0.4) is 0 Å². The summed E-state index contributed by atoms with van der Waals surface area (Å²) < 4.78 is 35.5. The Hall–Kier alpha value is -4.69. The lowest BCUT2D eigenvalue weighted by Crippen LogP contribution is -2.67. The van der Waals surface area contributed by atoms with Gasteiger partial charge < -0.3 is 43.3 Å². The minimum atomic E-state index is -2.01. The molecule has 6 saturated carbocycles. The van der Waals surface area contributed by atoms with E-state index in [0.29, 0.717) is 72.6 Å². The van der Waals surface area contributed by atoms with Crippen molar-refractivity contribution >= 4 is 30.2 Å². The average Bonchev–Trinajstić information content (AvgIpc) is 3.65. The van der Waals surface area contributed by atoms with Gasteiger partial charge in [0.1, 0.15) is 36.4 Å². The van der Waals surface area contributed by atoms with E-state index in [1.54, 1.807) is 48.5 Å². The highest BCUT2D eigenvalue weighted by molar-refractivity contribution is 5.88. The van der Waals surface area contributed by atoms with Crippen molar-refractivity contribution < 1.29 is 62.0 Å². The van der Waals surface area contributed by atoms with Crippen LogP contribution in [0.2, 0.25) is 0 Å². The number of benzene rings is 2. The molecular weight excluding hydrogens is 917 g/mol. The van der Waals surface area contributed by atoms with Crippen molar-refractivity contribution in [2.75, 3.05) is 26.4 Å². The molecule has 0 radical (unpaired) electrons. The van der Waals surface area contributed by atoms with Crippen LogP contribution >= 0.6 is 0 Å². The number of hydrogen-bond donors (Lipinski definition) is 2. The first-order valence-corrected chi connectivity index (χ1v) is 27.4. The molecule has 14 nitrogen and oxygen atoms in total. The number of nitrogens with zero attached hydrogens (tertiary/aromatic N) is 1. The van der Waals surface area contributed by atoms with Crippen LogP contribution in [0.25, 0.3) is 0 Å². The molecule has 2 aromatic carbocycles. The van der Waals surface area contributed by atoms with Crippen LogP contribution in [0.1, 0.15) is 149 Å². The molecular formula is C58H79N2O12+. The lowest BCUT2D eigenvalue weighted by atomic mass is 9.43. The zero-order valence-electron chi connectivity index (χ0n) is 43.4. The molecule has 2 aromatic rings. The average molecular weight is 996 g/mol. The van der Waals surface area contributed by atoms with Crippen LogP contribution in [0.15, 0.2) is 60.7 Å². The molecule has 10 rings (SSSR count). The van der Waals surface area contributed by atoms with E-state index < -0.39 is 54.8 Å². The Balaban J connectivity index is 0.695. The van der Waals surface area contributed by atoms with Gasteiger partial charge in [-0.25, -0.2) is 14.4 Å². The summed E-state index contributed by atoms with van der Waals surface area (Å²) in [5.41, 5.74) is -1.34. The Bertz CT molecular complexity index is 2310. The fourth-order valence-corrected chi connectivity index (χ4v) is 17.2. The SMILES string of the molecule is C[C@H](CCC(=O)OC(C)(C)C)C1CCC2C3C(CC[C@@]21C)[C@@]1(C)CC[C@@H](OC(=O)NCC(=O)OCOC(=O)OC(C(=O)OC2CC4C5(C2)CC5[N+]42CCCC2)(c2ccccc2)c2ccccc2)CC1C[C@H]3O. The van der Waals surface area contributed by atoms with Gasteiger partial charge in [-0.2, -0.15) is 0 Å². The normalized spacial score (nSPS) is 36.2. The maximum atomic E-state index is 14.7. The molecule has 0 aromatic heterocycles. The van der Waals surface area contributed by atoms with Gasteiger partial charge in [0, 0.05) is 49.7 Å². The molecule has 2 aliphatic heterocycles. The Morgan fingerprint density at radius 3 is 2.10 bits per heavy atom. The largest absolute Gasteiger partial charge is 0.513 e. The molecule has 1 amide bonds. The molecule has 6 aliphatic carbocycles.